The Hall–Kier alpha value is -3.99. The van der Waals surface area contributed by atoms with Crippen molar-refractivity contribution in [3.05, 3.63) is 77.1 Å². The molecule has 0 atom stereocenters. The van der Waals surface area contributed by atoms with Crippen LogP contribution in [-0.4, -0.2) is 41.6 Å². The number of nitrogens with zero attached hydrogens (tertiary/aromatic N) is 5. The molecule has 0 unspecified atom stereocenters. The lowest BCUT2D eigenvalue weighted by Gasteiger charge is -2.23. The molecule has 0 aliphatic heterocycles. The van der Waals surface area contributed by atoms with Crippen molar-refractivity contribution in [1.29, 1.82) is 0 Å². The van der Waals surface area contributed by atoms with E-state index < -0.39 is 14.9 Å². The number of methoxy groups -OCH3 is 1. The zero-order valence-electron chi connectivity index (χ0n) is 17.2. The first kappa shape index (κ1) is 21.2. The molecular formula is C21H19N5O5S. The van der Waals surface area contributed by atoms with Gasteiger partial charge >= 0.3 is 5.69 Å². The number of fused-ring (bicyclic) bond motifs is 1. The molecular weight excluding hydrogens is 434 g/mol. The van der Waals surface area contributed by atoms with Crippen LogP contribution < -0.4 is 9.04 Å². The van der Waals surface area contributed by atoms with Gasteiger partial charge in [-0.3, -0.25) is 14.4 Å². The van der Waals surface area contributed by atoms with Crippen LogP contribution in [0.5, 0.6) is 5.75 Å². The Morgan fingerprint density at radius 3 is 2.56 bits per heavy atom. The molecule has 11 heteroatoms. The summed E-state index contributed by atoms with van der Waals surface area (Å²) in [7, 11) is -2.31. The van der Waals surface area contributed by atoms with E-state index in [9.17, 15) is 18.5 Å². The van der Waals surface area contributed by atoms with Crippen LogP contribution in [0, 0.1) is 10.1 Å². The molecule has 32 heavy (non-hydrogen) atoms. The predicted molar refractivity (Wildman–Crippen MR) is 118 cm³/mol. The van der Waals surface area contributed by atoms with Crippen molar-refractivity contribution in [2.24, 2.45) is 0 Å². The van der Waals surface area contributed by atoms with E-state index in [2.05, 4.69) is 10.1 Å². The van der Waals surface area contributed by atoms with Crippen LogP contribution in [0.15, 0.2) is 71.9 Å². The van der Waals surface area contributed by atoms with Gasteiger partial charge < -0.3 is 4.74 Å². The number of sulfonamides is 1. The molecule has 0 amide bonds. The molecule has 2 aromatic carbocycles. The Balaban J connectivity index is 1.78. The van der Waals surface area contributed by atoms with Crippen LogP contribution in [-0.2, 0) is 10.0 Å². The first-order valence-corrected chi connectivity index (χ1v) is 11.0. The largest absolute Gasteiger partial charge is 0.497 e. The van der Waals surface area contributed by atoms with Gasteiger partial charge in [0, 0.05) is 18.3 Å². The van der Waals surface area contributed by atoms with E-state index in [-0.39, 0.29) is 22.8 Å². The number of rotatable bonds is 7. The normalized spacial score (nSPS) is 11.4. The van der Waals surface area contributed by atoms with Gasteiger partial charge in [0.25, 0.3) is 10.0 Å². The number of hydrogen-bond acceptors (Lipinski definition) is 7. The molecule has 164 valence electrons. The molecule has 4 rings (SSSR count). The zero-order valence-corrected chi connectivity index (χ0v) is 18.1. The fraction of sp³-hybridized carbons (Fsp3) is 0.143. The van der Waals surface area contributed by atoms with E-state index in [1.807, 2.05) is 0 Å². The molecule has 0 aliphatic carbocycles. The molecule has 0 aliphatic rings. The van der Waals surface area contributed by atoms with Gasteiger partial charge in [0.1, 0.15) is 11.9 Å². The molecule has 10 nitrogen and oxygen atoms in total. The number of anilines is 1. The Morgan fingerprint density at radius 1 is 1.16 bits per heavy atom. The van der Waals surface area contributed by atoms with Crippen LogP contribution in [0.25, 0.3) is 16.9 Å². The van der Waals surface area contributed by atoms with Crippen molar-refractivity contribution in [3.8, 4) is 17.0 Å². The van der Waals surface area contributed by atoms with Crippen LogP contribution in [0.2, 0.25) is 0 Å². The van der Waals surface area contributed by atoms with E-state index in [0.717, 1.165) is 6.20 Å². The standard InChI is InChI=1S/C21H19N5O5S/c1-3-24(32(29,30)18-9-7-17(31-2)8-10-18)16-6-4-5-15(13-16)19-11-12-22-21-20(26(27)28)14-23-25(19)21/h4-14H,3H2,1-2H3. The quantitative estimate of drug-likeness (QED) is 0.310. The van der Waals surface area contributed by atoms with Crippen molar-refractivity contribution in [2.45, 2.75) is 11.8 Å². The van der Waals surface area contributed by atoms with Crippen LogP contribution >= 0.6 is 0 Å². The summed E-state index contributed by atoms with van der Waals surface area (Å²) in [5, 5.41) is 15.3. The molecule has 4 aromatic rings. The minimum atomic E-state index is -3.82. The lowest BCUT2D eigenvalue weighted by Crippen LogP contribution is -2.30. The Morgan fingerprint density at radius 2 is 1.91 bits per heavy atom. The molecule has 2 aromatic heterocycles. The fourth-order valence-electron chi connectivity index (χ4n) is 3.41. The molecule has 0 bridgehead atoms. The molecule has 0 radical (unpaired) electrons. The summed E-state index contributed by atoms with van der Waals surface area (Å²) in [5.74, 6) is 0.559. The summed E-state index contributed by atoms with van der Waals surface area (Å²) in [6.45, 7) is 1.95. The van der Waals surface area contributed by atoms with Crippen LogP contribution in [0.1, 0.15) is 6.92 Å². The van der Waals surface area contributed by atoms with Crippen molar-refractivity contribution in [3.63, 3.8) is 0 Å². The maximum absolute atomic E-state index is 13.3. The van der Waals surface area contributed by atoms with Gasteiger partial charge in [-0.1, -0.05) is 12.1 Å². The SMILES string of the molecule is CCN(c1cccc(-c2ccnc3c([N+](=O)[O-])cnn23)c1)S(=O)(=O)c1ccc(OC)cc1. The summed E-state index contributed by atoms with van der Waals surface area (Å²) in [4.78, 5) is 14.9. The Bertz CT molecular complexity index is 1400. The number of ether oxygens (including phenoxy) is 1. The lowest BCUT2D eigenvalue weighted by atomic mass is 10.1. The third-order valence-corrected chi connectivity index (χ3v) is 6.86. The molecule has 0 fully saturated rings. The van der Waals surface area contributed by atoms with E-state index >= 15 is 0 Å². The first-order chi connectivity index (χ1) is 15.4. The van der Waals surface area contributed by atoms with E-state index in [0.29, 0.717) is 22.7 Å². The van der Waals surface area contributed by atoms with Gasteiger partial charge in [-0.05, 0) is 49.4 Å². The zero-order chi connectivity index (χ0) is 22.9. The highest BCUT2D eigenvalue weighted by molar-refractivity contribution is 7.92. The molecule has 2 heterocycles. The second kappa shape index (κ2) is 8.27. The van der Waals surface area contributed by atoms with Gasteiger partial charge in [-0.15, -0.1) is 0 Å². The molecule has 0 N–H and O–H groups in total. The summed E-state index contributed by atoms with van der Waals surface area (Å²) in [6, 6.07) is 14.7. The van der Waals surface area contributed by atoms with Gasteiger partial charge in [0.05, 0.1) is 28.3 Å². The van der Waals surface area contributed by atoms with Crippen LogP contribution in [0.4, 0.5) is 11.4 Å². The maximum atomic E-state index is 13.3. The summed E-state index contributed by atoms with van der Waals surface area (Å²) in [6.07, 6.45) is 2.60. The fourth-order valence-corrected chi connectivity index (χ4v) is 4.88. The Labute approximate surface area is 183 Å². The van der Waals surface area contributed by atoms with E-state index in [1.165, 1.54) is 34.3 Å². The third kappa shape index (κ3) is 3.62. The second-order valence-electron chi connectivity index (χ2n) is 6.75. The summed E-state index contributed by atoms with van der Waals surface area (Å²) >= 11 is 0. The number of hydrogen-bond donors (Lipinski definition) is 0. The number of nitro groups is 1. The highest BCUT2D eigenvalue weighted by Crippen LogP contribution is 2.30. The van der Waals surface area contributed by atoms with Gasteiger partial charge in [0.2, 0.25) is 5.65 Å². The minimum absolute atomic E-state index is 0.108. The minimum Gasteiger partial charge on any atom is -0.497 e. The molecule has 0 saturated carbocycles. The van der Waals surface area contributed by atoms with E-state index in [1.54, 1.807) is 49.4 Å². The topological polar surface area (TPSA) is 120 Å². The molecule has 0 spiro atoms. The van der Waals surface area contributed by atoms with Crippen molar-refractivity contribution in [1.82, 2.24) is 14.6 Å². The highest BCUT2D eigenvalue weighted by atomic mass is 32.2. The van der Waals surface area contributed by atoms with Gasteiger partial charge in [-0.2, -0.15) is 5.10 Å². The lowest BCUT2D eigenvalue weighted by molar-refractivity contribution is -0.383. The Kier molecular flexibility index (Phi) is 5.49. The van der Waals surface area contributed by atoms with Gasteiger partial charge in [-0.25, -0.2) is 17.9 Å². The predicted octanol–water partition coefficient (Wildman–Crippen LogP) is 3.53. The van der Waals surface area contributed by atoms with E-state index in [4.69, 9.17) is 4.74 Å². The summed E-state index contributed by atoms with van der Waals surface area (Å²) in [5.41, 5.74) is 1.53. The highest BCUT2D eigenvalue weighted by Gasteiger charge is 2.24. The average Bonchev–Trinajstić information content (AvgIpc) is 3.24. The number of benzene rings is 2. The molecule has 0 saturated heterocycles. The van der Waals surface area contributed by atoms with Crippen molar-refractivity contribution < 1.29 is 18.1 Å². The van der Waals surface area contributed by atoms with Crippen LogP contribution in [0.3, 0.4) is 0 Å². The third-order valence-electron chi connectivity index (χ3n) is 4.94. The average molecular weight is 453 g/mol. The summed E-state index contributed by atoms with van der Waals surface area (Å²) < 4.78 is 34.3. The second-order valence-corrected chi connectivity index (χ2v) is 8.61. The van der Waals surface area contributed by atoms with Gasteiger partial charge in [0.15, 0.2) is 0 Å². The van der Waals surface area contributed by atoms with Crippen molar-refractivity contribution in [2.75, 3.05) is 18.0 Å². The monoisotopic (exact) mass is 453 g/mol. The number of aromatic nitrogens is 3. The van der Waals surface area contributed by atoms with Crippen molar-refractivity contribution >= 4 is 27.0 Å². The smallest absolute Gasteiger partial charge is 0.333 e. The maximum Gasteiger partial charge on any atom is 0.333 e. The first-order valence-electron chi connectivity index (χ1n) is 9.61.